The predicted molar refractivity (Wildman–Crippen MR) is 358 cm³/mol. The van der Waals surface area contributed by atoms with E-state index in [-0.39, 0.29) is 0 Å². The molecule has 16 aromatic rings. The second-order valence-corrected chi connectivity index (χ2v) is 22.0. The van der Waals surface area contributed by atoms with Crippen molar-refractivity contribution in [3.63, 3.8) is 0 Å². The zero-order chi connectivity index (χ0) is 58.5. The Morgan fingerprint density at radius 1 is 0.261 bits per heavy atom. The predicted octanol–water partition coefficient (Wildman–Crippen LogP) is 19.7. The molecule has 0 atom stereocenters. The number of benzene rings is 9. The molecule has 7 heterocycles. The van der Waals surface area contributed by atoms with E-state index in [1.807, 2.05) is 128 Å². The van der Waals surface area contributed by atoms with Crippen molar-refractivity contribution < 1.29 is 0 Å². The van der Waals surface area contributed by atoms with Crippen LogP contribution in [-0.4, -0.2) is 34.1 Å². The number of rotatable bonds is 11. The highest BCUT2D eigenvalue weighted by Crippen LogP contribution is 2.45. The summed E-state index contributed by atoms with van der Waals surface area (Å²) in [4.78, 5) is 25.0. The first-order chi connectivity index (χ1) is 43.6. The topological polar surface area (TPSA) is 98.1 Å². The molecule has 7 aromatic heterocycles. The molecule has 0 aliphatic carbocycles. The lowest BCUT2D eigenvalue weighted by molar-refractivity contribution is 1.09. The average molecular weight is 1120 g/mol. The van der Waals surface area contributed by atoms with Crippen molar-refractivity contribution in [2.45, 2.75) is 0 Å². The third kappa shape index (κ3) is 9.15. The number of aromatic nitrogens is 7. The summed E-state index contributed by atoms with van der Waals surface area (Å²) < 4.78 is 4.65. The lowest BCUT2D eigenvalue weighted by Crippen LogP contribution is -2.05. The Labute approximate surface area is 507 Å². The SMILES string of the molecule is N#Cc1ccccc1-c1c(-n2c3ccc(-c4ccc(-c5ccccc5)nc4)cc3c3cc(-c4ccc(-c5ccccc5)nc4)ccc32)cncc1-n1c2ccc(-c3ccc(-c4ccccc4)nc3)cc2c2cc(-c3ccc(-c4ccccc4)nc3)ccc21. The highest BCUT2D eigenvalue weighted by atomic mass is 15.0. The first-order valence-corrected chi connectivity index (χ1v) is 29.3. The molecule has 8 nitrogen and oxygen atoms in total. The molecule has 0 unspecified atom stereocenters. The van der Waals surface area contributed by atoms with Gasteiger partial charge in [-0.2, -0.15) is 5.26 Å². The van der Waals surface area contributed by atoms with Crippen molar-refractivity contribution >= 4 is 43.6 Å². The van der Waals surface area contributed by atoms with Gasteiger partial charge in [-0.25, -0.2) is 0 Å². The van der Waals surface area contributed by atoms with Crippen LogP contribution >= 0.6 is 0 Å². The fourth-order valence-electron chi connectivity index (χ4n) is 12.5. The van der Waals surface area contributed by atoms with Crippen molar-refractivity contribution in [2.75, 3.05) is 0 Å². The van der Waals surface area contributed by atoms with Gasteiger partial charge in [-0.05, 0) is 101 Å². The summed E-state index contributed by atoms with van der Waals surface area (Å²) in [5, 5.41) is 15.3. The van der Waals surface area contributed by atoms with E-state index in [0.717, 1.165) is 156 Å². The third-order valence-corrected chi connectivity index (χ3v) is 16.9. The minimum atomic E-state index is 0.544. The van der Waals surface area contributed by atoms with Crippen molar-refractivity contribution in [1.82, 2.24) is 34.1 Å². The highest BCUT2D eigenvalue weighted by molar-refractivity contribution is 6.14. The number of fused-ring (bicyclic) bond motifs is 6. The summed E-state index contributed by atoms with van der Waals surface area (Å²) in [7, 11) is 0. The van der Waals surface area contributed by atoms with E-state index in [1.165, 1.54) is 0 Å². The summed E-state index contributed by atoms with van der Waals surface area (Å²) in [5.41, 5.74) is 23.8. The van der Waals surface area contributed by atoms with E-state index in [4.69, 9.17) is 24.9 Å². The maximum absolute atomic E-state index is 11.1. The van der Waals surface area contributed by atoms with Crippen LogP contribution in [0.2, 0.25) is 0 Å². The molecule has 0 radical (unpaired) electrons. The summed E-state index contributed by atoms with van der Waals surface area (Å²) in [6.45, 7) is 0. The molecule has 8 heteroatoms. The Bertz CT molecular complexity index is 4740. The standard InChI is InChI=1S/C80H50N8/c81-45-60-23-13-14-24-65(60)80-78(87-74-37-29-56(61-25-33-70(83-46-61)52-15-5-1-6-16-52)41-66(74)67-42-57(30-38-75(67)87)62-26-34-71(84-47-62)53-17-7-2-8-18-53)50-82-51-79(80)88-76-39-31-58(63-27-35-72(85-48-63)54-19-9-3-10-20-54)43-68(76)69-44-59(32-40-77(69)88)64-28-36-73(86-49-64)55-21-11-4-12-22-55/h1-44,46-51H. The Morgan fingerprint density at radius 2 is 0.545 bits per heavy atom. The highest BCUT2D eigenvalue weighted by Gasteiger charge is 2.25. The molecule has 0 spiro atoms. The molecule has 0 N–H and O–H groups in total. The summed E-state index contributed by atoms with van der Waals surface area (Å²) in [6.07, 6.45) is 11.8. The second-order valence-electron chi connectivity index (χ2n) is 22.0. The summed E-state index contributed by atoms with van der Waals surface area (Å²) in [5.74, 6) is 0. The molecular weight excluding hydrogens is 1070 g/mol. The molecule has 0 saturated carbocycles. The zero-order valence-corrected chi connectivity index (χ0v) is 47.4. The van der Waals surface area contributed by atoms with Gasteiger partial charge in [0, 0.05) is 102 Å². The van der Waals surface area contributed by atoms with Crippen LogP contribution in [0.15, 0.2) is 304 Å². The summed E-state index contributed by atoms with van der Waals surface area (Å²) >= 11 is 0. The fourth-order valence-corrected chi connectivity index (χ4v) is 12.5. The molecule has 0 saturated heterocycles. The molecule has 0 bridgehead atoms. The van der Waals surface area contributed by atoms with Crippen molar-refractivity contribution in [1.29, 1.82) is 5.26 Å². The Morgan fingerprint density at radius 3 is 0.830 bits per heavy atom. The first kappa shape index (κ1) is 51.5. The molecule has 410 valence electrons. The van der Waals surface area contributed by atoms with Crippen LogP contribution in [0, 0.1) is 11.3 Å². The van der Waals surface area contributed by atoms with Gasteiger partial charge in [0.1, 0.15) is 0 Å². The number of hydrogen-bond donors (Lipinski definition) is 0. The number of hydrogen-bond acceptors (Lipinski definition) is 6. The van der Waals surface area contributed by atoms with Crippen molar-refractivity contribution in [2.24, 2.45) is 0 Å². The van der Waals surface area contributed by atoms with E-state index in [0.29, 0.717) is 5.56 Å². The van der Waals surface area contributed by atoms with Crippen LogP contribution in [0.25, 0.3) is 156 Å². The third-order valence-electron chi connectivity index (χ3n) is 16.9. The van der Waals surface area contributed by atoms with Gasteiger partial charge >= 0.3 is 0 Å². The summed E-state index contributed by atoms with van der Waals surface area (Å²) in [6, 6.07) is 95.3. The fraction of sp³-hybridized carbons (Fsp3) is 0. The second kappa shape index (κ2) is 21.8. The van der Waals surface area contributed by atoms with Gasteiger partial charge in [-0.15, -0.1) is 0 Å². The number of nitrogens with zero attached hydrogens (tertiary/aromatic N) is 8. The van der Waals surface area contributed by atoms with Crippen LogP contribution < -0.4 is 0 Å². The quantitative estimate of drug-likeness (QED) is 0.128. The first-order valence-electron chi connectivity index (χ1n) is 29.3. The lowest BCUT2D eigenvalue weighted by atomic mass is 9.97. The van der Waals surface area contributed by atoms with E-state index in [1.54, 1.807) is 0 Å². The van der Waals surface area contributed by atoms with E-state index < -0.39 is 0 Å². The van der Waals surface area contributed by atoms with Crippen LogP contribution in [0.3, 0.4) is 0 Å². The molecule has 0 fully saturated rings. The van der Waals surface area contributed by atoms with Gasteiger partial charge in [0.05, 0.1) is 80.2 Å². The number of nitriles is 1. The smallest absolute Gasteiger partial charge is 0.0998 e. The largest absolute Gasteiger partial charge is 0.307 e. The van der Waals surface area contributed by atoms with Crippen LogP contribution in [0.1, 0.15) is 5.56 Å². The molecule has 16 rings (SSSR count). The van der Waals surface area contributed by atoms with E-state index in [9.17, 15) is 5.26 Å². The van der Waals surface area contributed by atoms with E-state index >= 15 is 0 Å². The Balaban J connectivity index is 0.913. The average Bonchev–Trinajstić information content (AvgIpc) is 1.93. The Hall–Kier alpha value is -12.2. The molecule has 0 amide bonds. The van der Waals surface area contributed by atoms with Gasteiger partial charge < -0.3 is 9.13 Å². The van der Waals surface area contributed by atoms with Crippen LogP contribution in [-0.2, 0) is 0 Å². The van der Waals surface area contributed by atoms with E-state index in [2.05, 4.69) is 191 Å². The van der Waals surface area contributed by atoms with Crippen LogP contribution in [0.5, 0.6) is 0 Å². The molecule has 0 aliphatic rings. The Kier molecular flexibility index (Phi) is 12.7. The molecular formula is C80H50N8. The zero-order valence-electron chi connectivity index (χ0n) is 47.4. The van der Waals surface area contributed by atoms with Crippen LogP contribution in [0.4, 0.5) is 0 Å². The van der Waals surface area contributed by atoms with Gasteiger partial charge in [0.2, 0.25) is 0 Å². The normalized spacial score (nSPS) is 11.4. The maximum atomic E-state index is 11.1. The van der Waals surface area contributed by atoms with Gasteiger partial charge in [-0.1, -0.05) is 188 Å². The molecule has 88 heavy (non-hydrogen) atoms. The number of pyridine rings is 5. The van der Waals surface area contributed by atoms with Gasteiger partial charge in [0.25, 0.3) is 0 Å². The van der Waals surface area contributed by atoms with Crippen molar-refractivity contribution in [3.8, 4) is 118 Å². The molecule has 9 aromatic carbocycles. The maximum Gasteiger partial charge on any atom is 0.0998 e. The van der Waals surface area contributed by atoms with Crippen molar-refractivity contribution in [3.05, 3.63) is 310 Å². The minimum absolute atomic E-state index is 0.544. The van der Waals surface area contributed by atoms with Gasteiger partial charge in [-0.3, -0.25) is 24.9 Å². The monoisotopic (exact) mass is 1120 g/mol. The lowest BCUT2D eigenvalue weighted by Gasteiger charge is -2.20. The minimum Gasteiger partial charge on any atom is -0.307 e. The molecule has 0 aliphatic heterocycles. The van der Waals surface area contributed by atoms with Gasteiger partial charge in [0.15, 0.2) is 0 Å².